The van der Waals surface area contributed by atoms with Gasteiger partial charge < -0.3 is 14.9 Å². The molecule has 0 aromatic carbocycles. The van der Waals surface area contributed by atoms with Gasteiger partial charge in [0.2, 0.25) is 0 Å². The van der Waals surface area contributed by atoms with Gasteiger partial charge in [-0.3, -0.25) is 0 Å². The topological polar surface area (TPSA) is 60.9 Å². The summed E-state index contributed by atoms with van der Waals surface area (Å²) in [4.78, 5) is 26.1. The molecular formula is C11H18N2O3. The van der Waals surface area contributed by atoms with Crippen LogP contribution < -0.4 is 0 Å². The van der Waals surface area contributed by atoms with Crippen molar-refractivity contribution in [2.45, 2.75) is 25.3 Å². The van der Waals surface area contributed by atoms with Gasteiger partial charge >= 0.3 is 12.0 Å². The van der Waals surface area contributed by atoms with Crippen molar-refractivity contribution in [2.75, 3.05) is 20.6 Å². The molecular weight excluding hydrogens is 208 g/mol. The molecule has 2 fully saturated rings. The lowest BCUT2D eigenvalue weighted by Crippen LogP contribution is -2.47. The summed E-state index contributed by atoms with van der Waals surface area (Å²) in [6.07, 6.45) is 3.10. The van der Waals surface area contributed by atoms with E-state index in [0.29, 0.717) is 12.5 Å². The van der Waals surface area contributed by atoms with Gasteiger partial charge in [-0.15, -0.1) is 0 Å². The van der Waals surface area contributed by atoms with Crippen molar-refractivity contribution in [3.63, 3.8) is 0 Å². The fourth-order valence-electron chi connectivity index (χ4n) is 3.08. The normalized spacial score (nSPS) is 32.6. The summed E-state index contributed by atoms with van der Waals surface area (Å²) in [5, 5.41) is 9.25. The first kappa shape index (κ1) is 11.2. The molecule has 0 bridgehead atoms. The van der Waals surface area contributed by atoms with Gasteiger partial charge in [0.25, 0.3) is 0 Å². The number of hydrogen-bond acceptors (Lipinski definition) is 2. The van der Waals surface area contributed by atoms with Crippen molar-refractivity contribution in [1.82, 2.24) is 9.80 Å². The molecule has 0 spiro atoms. The molecule has 1 aliphatic heterocycles. The Labute approximate surface area is 95.0 Å². The molecule has 2 rings (SSSR count). The molecule has 5 nitrogen and oxygen atoms in total. The van der Waals surface area contributed by atoms with Crippen molar-refractivity contribution in [3.8, 4) is 0 Å². The lowest BCUT2D eigenvalue weighted by atomic mass is 9.94. The largest absolute Gasteiger partial charge is 0.480 e. The minimum Gasteiger partial charge on any atom is -0.480 e. The summed E-state index contributed by atoms with van der Waals surface area (Å²) in [6, 6.07) is -0.788. The van der Waals surface area contributed by atoms with E-state index in [4.69, 9.17) is 0 Å². The van der Waals surface area contributed by atoms with Crippen molar-refractivity contribution in [2.24, 2.45) is 11.8 Å². The van der Waals surface area contributed by atoms with E-state index >= 15 is 0 Å². The van der Waals surface area contributed by atoms with Gasteiger partial charge in [-0.2, -0.15) is 0 Å². The maximum absolute atomic E-state index is 11.9. The molecule has 90 valence electrons. The zero-order valence-electron chi connectivity index (χ0n) is 9.72. The van der Waals surface area contributed by atoms with E-state index in [2.05, 4.69) is 0 Å². The molecule has 0 aromatic heterocycles. The molecule has 1 aliphatic carbocycles. The molecule has 0 radical (unpaired) electrons. The Hall–Kier alpha value is -1.26. The fraction of sp³-hybridized carbons (Fsp3) is 0.818. The number of likely N-dealkylation sites (tertiary alicyclic amines) is 1. The van der Waals surface area contributed by atoms with E-state index in [1.54, 1.807) is 14.1 Å². The quantitative estimate of drug-likeness (QED) is 0.721. The molecule has 2 aliphatic rings. The summed E-state index contributed by atoms with van der Waals surface area (Å²) >= 11 is 0. The lowest BCUT2D eigenvalue weighted by Gasteiger charge is -2.27. The number of carboxylic acid groups (broad SMARTS) is 1. The fourth-order valence-corrected chi connectivity index (χ4v) is 3.08. The molecule has 0 aromatic rings. The molecule has 2 amide bonds. The first-order valence-electron chi connectivity index (χ1n) is 5.73. The van der Waals surface area contributed by atoms with Crippen LogP contribution >= 0.6 is 0 Å². The number of amides is 2. The zero-order chi connectivity index (χ0) is 11.9. The second kappa shape index (κ2) is 3.96. The summed E-state index contributed by atoms with van der Waals surface area (Å²) in [6.45, 7) is 0.610. The van der Waals surface area contributed by atoms with Crippen LogP contribution in [0.1, 0.15) is 19.3 Å². The highest BCUT2D eigenvalue weighted by atomic mass is 16.4. The van der Waals surface area contributed by atoms with Gasteiger partial charge in [-0.25, -0.2) is 9.59 Å². The first-order chi connectivity index (χ1) is 7.52. The molecule has 16 heavy (non-hydrogen) atoms. The Bertz CT molecular complexity index is 316. The predicted molar refractivity (Wildman–Crippen MR) is 58.0 cm³/mol. The third-order valence-corrected chi connectivity index (χ3v) is 3.77. The van der Waals surface area contributed by atoms with Crippen LogP contribution in [0, 0.1) is 11.8 Å². The van der Waals surface area contributed by atoms with Crippen LogP contribution in [-0.4, -0.2) is 53.6 Å². The van der Waals surface area contributed by atoms with Crippen LogP contribution in [-0.2, 0) is 4.79 Å². The molecule has 3 unspecified atom stereocenters. The van der Waals surface area contributed by atoms with Gasteiger partial charge in [0.1, 0.15) is 6.04 Å². The number of aliphatic carboxylic acids is 1. The number of rotatable bonds is 1. The minimum atomic E-state index is -0.857. The van der Waals surface area contributed by atoms with Crippen LogP contribution in [0.2, 0.25) is 0 Å². The Kier molecular flexibility index (Phi) is 2.78. The molecule has 5 heteroatoms. The Morgan fingerprint density at radius 2 is 2.00 bits per heavy atom. The van der Waals surface area contributed by atoms with Crippen LogP contribution in [0.5, 0.6) is 0 Å². The van der Waals surface area contributed by atoms with Crippen LogP contribution in [0.15, 0.2) is 0 Å². The Balaban J connectivity index is 2.20. The lowest BCUT2D eigenvalue weighted by molar-refractivity contribution is -0.142. The summed E-state index contributed by atoms with van der Waals surface area (Å²) in [7, 11) is 3.32. The average molecular weight is 226 g/mol. The van der Waals surface area contributed by atoms with E-state index in [-0.39, 0.29) is 11.9 Å². The van der Waals surface area contributed by atoms with Gasteiger partial charge in [0, 0.05) is 20.6 Å². The first-order valence-corrected chi connectivity index (χ1v) is 5.73. The average Bonchev–Trinajstić information content (AvgIpc) is 2.73. The zero-order valence-corrected chi connectivity index (χ0v) is 9.72. The third kappa shape index (κ3) is 1.64. The van der Waals surface area contributed by atoms with E-state index in [9.17, 15) is 14.7 Å². The van der Waals surface area contributed by atoms with E-state index in [1.165, 1.54) is 9.80 Å². The predicted octanol–water partition coefficient (Wildman–Crippen LogP) is 0.853. The van der Waals surface area contributed by atoms with Gasteiger partial charge in [0.05, 0.1) is 0 Å². The van der Waals surface area contributed by atoms with E-state index in [0.717, 1.165) is 19.3 Å². The second-order valence-electron chi connectivity index (χ2n) is 4.97. The van der Waals surface area contributed by atoms with Crippen LogP contribution in [0.25, 0.3) is 0 Å². The number of urea groups is 1. The van der Waals surface area contributed by atoms with Crippen molar-refractivity contribution >= 4 is 12.0 Å². The van der Waals surface area contributed by atoms with Gasteiger partial charge in [-0.1, -0.05) is 6.42 Å². The molecule has 1 saturated heterocycles. The maximum Gasteiger partial charge on any atom is 0.326 e. The van der Waals surface area contributed by atoms with E-state index < -0.39 is 12.0 Å². The number of carbonyl (C=O) groups is 2. The standard InChI is InChI=1S/C11H18N2O3/c1-12(2)11(16)13-6-7-4-3-5-8(7)9(13)10(14)15/h7-9H,3-6H2,1-2H3,(H,14,15). The summed E-state index contributed by atoms with van der Waals surface area (Å²) in [5.74, 6) is -0.295. The van der Waals surface area contributed by atoms with Crippen molar-refractivity contribution in [3.05, 3.63) is 0 Å². The van der Waals surface area contributed by atoms with Crippen LogP contribution in [0.4, 0.5) is 4.79 Å². The summed E-state index contributed by atoms with van der Waals surface area (Å²) in [5.41, 5.74) is 0. The smallest absolute Gasteiger partial charge is 0.326 e. The highest BCUT2D eigenvalue weighted by molar-refractivity contribution is 5.83. The summed E-state index contributed by atoms with van der Waals surface area (Å²) < 4.78 is 0. The Morgan fingerprint density at radius 1 is 1.31 bits per heavy atom. The number of carboxylic acids is 1. The minimum absolute atomic E-state index is 0.168. The van der Waals surface area contributed by atoms with Crippen molar-refractivity contribution < 1.29 is 14.7 Å². The molecule has 1 N–H and O–H groups in total. The number of carbonyl (C=O) groups excluding carboxylic acids is 1. The Morgan fingerprint density at radius 3 is 2.56 bits per heavy atom. The van der Waals surface area contributed by atoms with Gasteiger partial charge in [0.15, 0.2) is 0 Å². The number of nitrogens with zero attached hydrogens (tertiary/aromatic N) is 2. The molecule has 3 atom stereocenters. The number of hydrogen-bond donors (Lipinski definition) is 1. The van der Waals surface area contributed by atoms with E-state index in [1.807, 2.05) is 0 Å². The monoisotopic (exact) mass is 226 g/mol. The highest BCUT2D eigenvalue weighted by Gasteiger charge is 2.49. The highest BCUT2D eigenvalue weighted by Crippen LogP contribution is 2.42. The van der Waals surface area contributed by atoms with Gasteiger partial charge in [-0.05, 0) is 24.7 Å². The van der Waals surface area contributed by atoms with Crippen molar-refractivity contribution in [1.29, 1.82) is 0 Å². The maximum atomic E-state index is 11.9. The van der Waals surface area contributed by atoms with Crippen LogP contribution in [0.3, 0.4) is 0 Å². The molecule has 1 heterocycles. The SMILES string of the molecule is CN(C)C(=O)N1CC2CCCC2C1C(=O)O. The third-order valence-electron chi connectivity index (χ3n) is 3.77. The second-order valence-corrected chi connectivity index (χ2v) is 4.97. The molecule has 1 saturated carbocycles. The number of fused-ring (bicyclic) bond motifs is 1.